The van der Waals surface area contributed by atoms with Gasteiger partial charge >= 0.3 is 6.03 Å². The molecule has 126 valence electrons. The summed E-state index contributed by atoms with van der Waals surface area (Å²) in [5.41, 5.74) is 0.705. The Balaban J connectivity index is 1.67. The highest BCUT2D eigenvalue weighted by molar-refractivity contribution is 7.18. The number of hydrogen-bond donors (Lipinski definition) is 1. The van der Waals surface area contributed by atoms with Crippen molar-refractivity contribution in [3.8, 4) is 0 Å². The predicted molar refractivity (Wildman–Crippen MR) is 97.1 cm³/mol. The van der Waals surface area contributed by atoms with E-state index in [2.05, 4.69) is 10.3 Å². The molecular formula is C19H17N3O2S. The molecule has 1 N–H and O–H groups in total. The van der Waals surface area contributed by atoms with E-state index in [0.29, 0.717) is 6.42 Å². The first-order valence-corrected chi connectivity index (χ1v) is 9.00. The van der Waals surface area contributed by atoms with Gasteiger partial charge in [-0.15, -0.1) is 11.3 Å². The number of nitrogens with zero attached hydrogens (tertiary/aromatic N) is 2. The largest absolute Gasteiger partial charge is 0.325 e. The van der Waals surface area contributed by atoms with Gasteiger partial charge in [0, 0.05) is 0 Å². The van der Waals surface area contributed by atoms with Gasteiger partial charge in [0.1, 0.15) is 10.5 Å². The zero-order chi connectivity index (χ0) is 17.4. The first-order valence-electron chi connectivity index (χ1n) is 8.18. The number of urea groups is 1. The molecule has 1 saturated heterocycles. The van der Waals surface area contributed by atoms with Crippen molar-refractivity contribution in [2.45, 2.75) is 25.4 Å². The summed E-state index contributed by atoms with van der Waals surface area (Å²) in [7, 11) is 0. The lowest BCUT2D eigenvalue weighted by Crippen LogP contribution is -2.43. The number of thiazole rings is 1. The third-order valence-electron chi connectivity index (χ3n) is 4.60. The van der Waals surface area contributed by atoms with Crippen LogP contribution in [0.2, 0.25) is 0 Å². The number of aromatic nitrogens is 1. The number of fused-ring (bicyclic) bond motifs is 1. The summed E-state index contributed by atoms with van der Waals surface area (Å²) in [6.07, 6.45) is 0.498. The Hall–Kier alpha value is -2.73. The smallest absolute Gasteiger partial charge is 0.319 e. The second-order valence-corrected chi connectivity index (χ2v) is 7.14. The second kappa shape index (κ2) is 5.97. The molecule has 0 spiro atoms. The Labute approximate surface area is 149 Å². The number of hydrogen-bond acceptors (Lipinski definition) is 4. The van der Waals surface area contributed by atoms with Gasteiger partial charge in [0.2, 0.25) is 0 Å². The van der Waals surface area contributed by atoms with E-state index >= 15 is 0 Å². The van der Waals surface area contributed by atoms with Crippen LogP contribution in [0, 0.1) is 0 Å². The van der Waals surface area contributed by atoms with Crippen molar-refractivity contribution in [2.24, 2.45) is 0 Å². The highest BCUT2D eigenvalue weighted by atomic mass is 32.1. The van der Waals surface area contributed by atoms with Crippen molar-refractivity contribution in [1.29, 1.82) is 0 Å². The molecule has 3 aromatic rings. The quantitative estimate of drug-likeness (QED) is 0.730. The van der Waals surface area contributed by atoms with Crippen LogP contribution in [0.4, 0.5) is 4.79 Å². The van der Waals surface area contributed by atoms with Crippen LogP contribution >= 0.6 is 11.3 Å². The van der Waals surface area contributed by atoms with Crippen LogP contribution in [-0.4, -0.2) is 21.8 Å². The van der Waals surface area contributed by atoms with Crippen molar-refractivity contribution < 1.29 is 9.59 Å². The SMILES string of the molecule is CCC1(c2ccccc2)NC(=O)N(Cc2nc3ccccc3s2)C1=O. The Morgan fingerprint density at radius 3 is 2.52 bits per heavy atom. The van der Waals surface area contributed by atoms with Gasteiger partial charge in [-0.2, -0.15) is 0 Å². The molecular weight excluding hydrogens is 334 g/mol. The summed E-state index contributed by atoms with van der Waals surface area (Å²) in [5, 5.41) is 3.66. The fourth-order valence-electron chi connectivity index (χ4n) is 3.25. The van der Waals surface area contributed by atoms with E-state index in [9.17, 15) is 9.59 Å². The lowest BCUT2D eigenvalue weighted by Gasteiger charge is -2.25. The normalized spacial score (nSPS) is 20.3. The zero-order valence-corrected chi connectivity index (χ0v) is 14.5. The summed E-state index contributed by atoms with van der Waals surface area (Å²) < 4.78 is 1.05. The summed E-state index contributed by atoms with van der Waals surface area (Å²) in [4.78, 5) is 31.4. The first kappa shape index (κ1) is 15.8. The molecule has 1 atom stereocenters. The fourth-order valence-corrected chi connectivity index (χ4v) is 4.21. The third kappa shape index (κ3) is 2.49. The Morgan fingerprint density at radius 2 is 1.80 bits per heavy atom. The molecule has 1 aromatic heterocycles. The maximum absolute atomic E-state index is 13.1. The number of amides is 3. The maximum Gasteiger partial charge on any atom is 0.325 e. The molecule has 6 heteroatoms. The van der Waals surface area contributed by atoms with E-state index in [1.54, 1.807) is 0 Å². The van der Waals surface area contributed by atoms with Crippen LogP contribution in [0.15, 0.2) is 54.6 Å². The lowest BCUT2D eigenvalue weighted by molar-refractivity contribution is -0.132. The van der Waals surface area contributed by atoms with E-state index in [1.807, 2.05) is 61.5 Å². The van der Waals surface area contributed by atoms with E-state index in [4.69, 9.17) is 0 Å². The van der Waals surface area contributed by atoms with Crippen molar-refractivity contribution >= 4 is 33.5 Å². The monoisotopic (exact) mass is 351 g/mol. The van der Waals surface area contributed by atoms with Gasteiger partial charge in [0.15, 0.2) is 0 Å². The number of carbonyl (C=O) groups excluding carboxylic acids is 2. The van der Waals surface area contributed by atoms with Gasteiger partial charge in [0.25, 0.3) is 5.91 Å². The molecule has 0 saturated carbocycles. The minimum atomic E-state index is -0.991. The summed E-state index contributed by atoms with van der Waals surface area (Å²) in [5.74, 6) is -0.217. The topological polar surface area (TPSA) is 62.3 Å². The molecule has 4 rings (SSSR count). The van der Waals surface area contributed by atoms with E-state index in [1.165, 1.54) is 16.2 Å². The molecule has 1 aliphatic rings. The van der Waals surface area contributed by atoms with Crippen LogP contribution in [0.5, 0.6) is 0 Å². The molecule has 3 amide bonds. The van der Waals surface area contributed by atoms with Crippen LogP contribution < -0.4 is 5.32 Å². The van der Waals surface area contributed by atoms with Crippen molar-refractivity contribution in [3.63, 3.8) is 0 Å². The fraction of sp³-hybridized carbons (Fsp3) is 0.211. The molecule has 0 radical (unpaired) electrons. The van der Waals surface area contributed by atoms with Crippen LogP contribution in [0.3, 0.4) is 0 Å². The molecule has 2 aromatic carbocycles. The van der Waals surface area contributed by atoms with Crippen LogP contribution in [-0.2, 0) is 16.9 Å². The molecule has 0 bridgehead atoms. The average molecular weight is 351 g/mol. The Kier molecular flexibility index (Phi) is 3.77. The number of imide groups is 1. The van der Waals surface area contributed by atoms with Crippen LogP contribution in [0.1, 0.15) is 23.9 Å². The second-order valence-electron chi connectivity index (χ2n) is 6.02. The minimum absolute atomic E-state index is 0.193. The highest BCUT2D eigenvalue weighted by Crippen LogP contribution is 2.33. The maximum atomic E-state index is 13.1. The van der Waals surface area contributed by atoms with Crippen molar-refractivity contribution in [2.75, 3.05) is 0 Å². The first-order chi connectivity index (χ1) is 12.1. The molecule has 1 aliphatic heterocycles. The number of carbonyl (C=O) groups is 2. The molecule has 25 heavy (non-hydrogen) atoms. The molecule has 1 fully saturated rings. The van der Waals surface area contributed by atoms with Gasteiger partial charge < -0.3 is 5.32 Å². The van der Waals surface area contributed by atoms with Gasteiger partial charge in [-0.05, 0) is 24.1 Å². The van der Waals surface area contributed by atoms with E-state index in [-0.39, 0.29) is 18.5 Å². The third-order valence-corrected chi connectivity index (χ3v) is 5.63. The number of rotatable bonds is 4. The van der Waals surface area contributed by atoms with Crippen molar-refractivity contribution in [3.05, 3.63) is 65.2 Å². The minimum Gasteiger partial charge on any atom is -0.319 e. The zero-order valence-electron chi connectivity index (χ0n) is 13.7. The summed E-state index contributed by atoms with van der Waals surface area (Å²) >= 11 is 1.51. The molecule has 5 nitrogen and oxygen atoms in total. The van der Waals surface area contributed by atoms with E-state index in [0.717, 1.165) is 20.8 Å². The predicted octanol–water partition coefficient (Wildman–Crippen LogP) is 3.65. The van der Waals surface area contributed by atoms with Gasteiger partial charge in [-0.1, -0.05) is 49.4 Å². The number of nitrogens with one attached hydrogen (secondary N) is 1. The summed E-state index contributed by atoms with van der Waals surface area (Å²) in [6.45, 7) is 2.10. The van der Waals surface area contributed by atoms with Gasteiger partial charge in [-0.3, -0.25) is 9.69 Å². The molecule has 1 unspecified atom stereocenters. The Morgan fingerprint density at radius 1 is 1.08 bits per heavy atom. The van der Waals surface area contributed by atoms with Gasteiger partial charge in [-0.25, -0.2) is 9.78 Å². The number of benzene rings is 2. The number of para-hydroxylation sites is 1. The van der Waals surface area contributed by atoms with Crippen LogP contribution in [0.25, 0.3) is 10.2 Å². The van der Waals surface area contributed by atoms with Crippen molar-refractivity contribution in [1.82, 2.24) is 15.2 Å². The van der Waals surface area contributed by atoms with E-state index < -0.39 is 5.54 Å². The standard InChI is InChI=1S/C19H17N3O2S/c1-2-19(13-8-4-3-5-9-13)17(23)22(18(24)21-19)12-16-20-14-10-6-7-11-15(14)25-16/h3-11H,2,12H2,1H3,(H,21,24). The molecule has 2 heterocycles. The Bertz CT molecular complexity index is 920. The lowest BCUT2D eigenvalue weighted by atomic mass is 9.87. The van der Waals surface area contributed by atoms with Gasteiger partial charge in [0.05, 0.1) is 16.8 Å². The molecule has 0 aliphatic carbocycles. The summed E-state index contributed by atoms with van der Waals surface area (Å²) in [6, 6.07) is 16.8. The average Bonchev–Trinajstić information content (AvgIpc) is 3.16. The highest BCUT2D eigenvalue weighted by Gasteiger charge is 2.51.